The highest BCUT2D eigenvalue weighted by Crippen LogP contribution is 2.17. The lowest BCUT2D eigenvalue weighted by molar-refractivity contribution is 0.425. The van der Waals surface area contributed by atoms with Crippen LogP contribution < -0.4 is 5.69 Å². The van der Waals surface area contributed by atoms with Gasteiger partial charge in [-0.05, 0) is 31.0 Å². The van der Waals surface area contributed by atoms with Crippen LogP contribution in [0.1, 0.15) is 11.4 Å². The Hall–Kier alpha value is -3.22. The monoisotopic (exact) mass is 321 g/mol. The number of pyridine rings is 1. The number of hydrogen-bond acceptors (Lipinski definition) is 5. The third-order valence-corrected chi connectivity index (χ3v) is 3.81. The first-order valence-corrected chi connectivity index (χ1v) is 7.64. The molecule has 0 amide bonds. The van der Waals surface area contributed by atoms with Crippen molar-refractivity contribution in [3.8, 4) is 11.5 Å². The standard InChI is InChI=1S/C17H15N5O2/c1-12-18-16(24-20-12)14-8-9-21-15(11-14)19-22(17(21)23)10-7-13-5-3-2-4-6-13/h2-6,8-9,11H,7,10H2,1H3. The van der Waals surface area contributed by atoms with Crippen molar-refractivity contribution in [3.63, 3.8) is 0 Å². The zero-order valence-corrected chi connectivity index (χ0v) is 13.1. The topological polar surface area (TPSA) is 78.2 Å². The van der Waals surface area contributed by atoms with E-state index in [0.29, 0.717) is 23.9 Å². The zero-order chi connectivity index (χ0) is 16.5. The van der Waals surface area contributed by atoms with Crippen LogP contribution in [0.25, 0.3) is 17.1 Å². The number of rotatable bonds is 4. The maximum atomic E-state index is 12.4. The van der Waals surface area contributed by atoms with E-state index in [1.54, 1.807) is 25.3 Å². The second-order valence-electron chi connectivity index (χ2n) is 5.53. The maximum Gasteiger partial charge on any atom is 0.350 e. The summed E-state index contributed by atoms with van der Waals surface area (Å²) in [5.74, 6) is 0.983. The van der Waals surface area contributed by atoms with Crippen molar-refractivity contribution in [2.24, 2.45) is 0 Å². The summed E-state index contributed by atoms with van der Waals surface area (Å²) in [6.07, 6.45) is 2.43. The van der Waals surface area contributed by atoms with Crippen LogP contribution in [0.2, 0.25) is 0 Å². The molecule has 0 aliphatic rings. The number of hydrogen-bond donors (Lipinski definition) is 0. The molecule has 0 aliphatic carbocycles. The Morgan fingerprint density at radius 2 is 2.00 bits per heavy atom. The van der Waals surface area contributed by atoms with Gasteiger partial charge in [0, 0.05) is 11.8 Å². The van der Waals surface area contributed by atoms with E-state index in [1.807, 2.05) is 30.3 Å². The molecule has 24 heavy (non-hydrogen) atoms. The third kappa shape index (κ3) is 2.60. The maximum absolute atomic E-state index is 12.4. The first-order valence-electron chi connectivity index (χ1n) is 7.64. The lowest BCUT2D eigenvalue weighted by Gasteiger charge is -1.99. The Balaban J connectivity index is 1.65. The summed E-state index contributed by atoms with van der Waals surface area (Å²) < 4.78 is 8.15. The summed E-state index contributed by atoms with van der Waals surface area (Å²) in [4.78, 5) is 16.6. The summed E-state index contributed by atoms with van der Waals surface area (Å²) >= 11 is 0. The SMILES string of the molecule is Cc1noc(-c2ccn3c(=O)n(CCc4ccccc4)nc3c2)n1. The minimum absolute atomic E-state index is 0.158. The fraction of sp³-hybridized carbons (Fsp3) is 0.176. The number of nitrogens with zero attached hydrogens (tertiary/aromatic N) is 5. The number of benzene rings is 1. The van der Waals surface area contributed by atoms with Crippen molar-refractivity contribution in [2.45, 2.75) is 19.9 Å². The second-order valence-corrected chi connectivity index (χ2v) is 5.53. The summed E-state index contributed by atoms with van der Waals surface area (Å²) in [6, 6.07) is 13.6. The van der Waals surface area contributed by atoms with Gasteiger partial charge in [-0.2, -0.15) is 4.98 Å². The van der Waals surface area contributed by atoms with Gasteiger partial charge in [0.1, 0.15) is 0 Å². The lowest BCUT2D eigenvalue weighted by Crippen LogP contribution is -2.22. The zero-order valence-electron chi connectivity index (χ0n) is 13.1. The fourth-order valence-electron chi connectivity index (χ4n) is 2.59. The van der Waals surface area contributed by atoms with Gasteiger partial charge < -0.3 is 4.52 Å². The van der Waals surface area contributed by atoms with Gasteiger partial charge >= 0.3 is 5.69 Å². The molecule has 0 saturated carbocycles. The minimum Gasteiger partial charge on any atom is -0.334 e. The number of aromatic nitrogens is 5. The molecule has 7 heteroatoms. The van der Waals surface area contributed by atoms with E-state index in [4.69, 9.17) is 4.52 Å². The smallest absolute Gasteiger partial charge is 0.334 e. The fourth-order valence-corrected chi connectivity index (χ4v) is 2.59. The number of fused-ring (bicyclic) bond motifs is 1. The molecule has 3 aromatic heterocycles. The first kappa shape index (κ1) is 14.4. The van der Waals surface area contributed by atoms with Crippen molar-refractivity contribution in [3.05, 3.63) is 70.5 Å². The third-order valence-electron chi connectivity index (χ3n) is 3.81. The molecule has 0 N–H and O–H groups in total. The van der Waals surface area contributed by atoms with Crippen LogP contribution in [-0.4, -0.2) is 24.3 Å². The van der Waals surface area contributed by atoms with Gasteiger partial charge in [-0.25, -0.2) is 9.48 Å². The Kier molecular flexibility index (Phi) is 3.45. The molecule has 4 aromatic rings. The Morgan fingerprint density at radius 1 is 1.17 bits per heavy atom. The van der Waals surface area contributed by atoms with Crippen LogP contribution >= 0.6 is 0 Å². The van der Waals surface area contributed by atoms with Crippen LogP contribution in [-0.2, 0) is 13.0 Å². The number of aryl methyl sites for hydroxylation is 3. The molecule has 3 heterocycles. The summed E-state index contributed by atoms with van der Waals surface area (Å²) in [6.45, 7) is 2.29. The van der Waals surface area contributed by atoms with Gasteiger partial charge in [-0.3, -0.25) is 4.40 Å². The molecule has 0 unspecified atom stereocenters. The minimum atomic E-state index is -0.158. The molecule has 7 nitrogen and oxygen atoms in total. The van der Waals surface area contributed by atoms with Crippen molar-refractivity contribution >= 4 is 5.65 Å². The van der Waals surface area contributed by atoms with Gasteiger partial charge in [-0.15, -0.1) is 5.10 Å². The highest BCUT2D eigenvalue weighted by Gasteiger charge is 2.11. The largest absolute Gasteiger partial charge is 0.350 e. The first-order chi connectivity index (χ1) is 11.7. The average molecular weight is 321 g/mol. The van der Waals surface area contributed by atoms with Crippen LogP contribution in [0.5, 0.6) is 0 Å². The Bertz CT molecular complexity index is 1050. The van der Waals surface area contributed by atoms with Gasteiger partial charge in [0.25, 0.3) is 5.89 Å². The van der Waals surface area contributed by atoms with Crippen molar-refractivity contribution in [1.29, 1.82) is 0 Å². The lowest BCUT2D eigenvalue weighted by atomic mass is 10.2. The van der Waals surface area contributed by atoms with Crippen molar-refractivity contribution in [2.75, 3.05) is 0 Å². The van der Waals surface area contributed by atoms with Crippen LogP contribution in [0.3, 0.4) is 0 Å². The molecular formula is C17H15N5O2. The van der Waals surface area contributed by atoms with Crippen LogP contribution in [0, 0.1) is 6.92 Å². The molecule has 0 atom stereocenters. The Morgan fingerprint density at radius 3 is 2.75 bits per heavy atom. The van der Waals surface area contributed by atoms with E-state index in [9.17, 15) is 4.79 Å². The van der Waals surface area contributed by atoms with E-state index in [1.165, 1.54) is 14.6 Å². The highest BCUT2D eigenvalue weighted by molar-refractivity contribution is 5.59. The van der Waals surface area contributed by atoms with E-state index in [-0.39, 0.29) is 5.69 Å². The summed E-state index contributed by atoms with van der Waals surface area (Å²) in [5.41, 5.74) is 2.31. The molecule has 120 valence electrons. The van der Waals surface area contributed by atoms with Crippen LogP contribution in [0.4, 0.5) is 0 Å². The van der Waals surface area contributed by atoms with Gasteiger partial charge in [0.15, 0.2) is 11.5 Å². The van der Waals surface area contributed by atoms with Gasteiger partial charge in [-0.1, -0.05) is 35.5 Å². The molecule has 0 fully saturated rings. The van der Waals surface area contributed by atoms with Gasteiger partial charge in [0.05, 0.1) is 6.54 Å². The highest BCUT2D eigenvalue weighted by atomic mass is 16.5. The summed E-state index contributed by atoms with van der Waals surface area (Å²) in [5, 5.41) is 8.18. The quantitative estimate of drug-likeness (QED) is 0.575. The molecular weight excluding hydrogens is 306 g/mol. The molecule has 0 saturated heterocycles. The molecule has 4 rings (SSSR count). The Labute approximate surface area is 137 Å². The molecule has 0 aliphatic heterocycles. The summed E-state index contributed by atoms with van der Waals surface area (Å²) in [7, 11) is 0. The van der Waals surface area contributed by atoms with Gasteiger partial charge in [0.2, 0.25) is 0 Å². The second kappa shape index (κ2) is 5.77. The molecule has 0 radical (unpaired) electrons. The predicted octanol–water partition coefficient (Wildman–Crippen LogP) is 2.10. The van der Waals surface area contributed by atoms with Crippen molar-refractivity contribution in [1.82, 2.24) is 24.3 Å². The predicted molar refractivity (Wildman–Crippen MR) is 87.6 cm³/mol. The van der Waals surface area contributed by atoms with Crippen molar-refractivity contribution < 1.29 is 4.52 Å². The molecule has 0 bridgehead atoms. The normalized spacial score (nSPS) is 11.2. The molecule has 1 aromatic carbocycles. The van der Waals surface area contributed by atoms with E-state index >= 15 is 0 Å². The average Bonchev–Trinajstić information content (AvgIpc) is 3.17. The molecule has 0 spiro atoms. The van der Waals surface area contributed by atoms with Crippen LogP contribution in [0.15, 0.2) is 58.0 Å². The van der Waals surface area contributed by atoms with E-state index in [2.05, 4.69) is 15.2 Å². The van der Waals surface area contributed by atoms with E-state index < -0.39 is 0 Å². The van der Waals surface area contributed by atoms with E-state index in [0.717, 1.165) is 12.0 Å².